The van der Waals surface area contributed by atoms with Crippen LogP contribution in [0.15, 0.2) is 116 Å². The molecule has 0 fully saturated rings. The number of nitrogens with zero attached hydrogens (tertiary/aromatic N) is 7. The molecule has 0 atom stereocenters. The second-order valence-corrected chi connectivity index (χ2v) is 10.9. The highest BCUT2D eigenvalue weighted by molar-refractivity contribution is 7.21. The summed E-state index contributed by atoms with van der Waals surface area (Å²) in [5, 5.41) is 3.11. The van der Waals surface area contributed by atoms with Gasteiger partial charge in [0.1, 0.15) is 5.01 Å². The molecule has 0 spiro atoms. The molecule has 0 amide bonds. The van der Waals surface area contributed by atoms with Crippen molar-refractivity contribution in [2.45, 2.75) is 0 Å². The van der Waals surface area contributed by atoms with E-state index < -0.39 is 0 Å². The monoisotopic (exact) mass is 545 g/mol. The first-order valence-corrected chi connectivity index (χ1v) is 14.1. The summed E-state index contributed by atoms with van der Waals surface area (Å²) < 4.78 is 4.58. The van der Waals surface area contributed by atoms with Crippen LogP contribution in [0.2, 0.25) is 0 Å². The van der Waals surface area contributed by atoms with Crippen molar-refractivity contribution in [1.29, 1.82) is 0 Å². The number of fused-ring (bicyclic) bond motifs is 7. The molecule has 7 nitrogen and oxygen atoms in total. The van der Waals surface area contributed by atoms with Gasteiger partial charge < -0.3 is 9.13 Å². The Morgan fingerprint density at radius 2 is 1.12 bits per heavy atom. The fourth-order valence-corrected chi connectivity index (χ4v) is 6.71. The van der Waals surface area contributed by atoms with Crippen LogP contribution in [0.3, 0.4) is 0 Å². The fraction of sp³-hybridized carbons (Fsp3) is 0. The molecule has 41 heavy (non-hydrogen) atoms. The van der Waals surface area contributed by atoms with Crippen LogP contribution in [0, 0.1) is 0 Å². The van der Waals surface area contributed by atoms with Crippen molar-refractivity contribution in [3.63, 3.8) is 0 Å². The smallest absolute Gasteiger partial charge is 0.190 e. The van der Waals surface area contributed by atoms with Gasteiger partial charge >= 0.3 is 0 Å². The number of aromatic nitrogens is 7. The molecule has 3 aromatic carbocycles. The molecule has 0 aliphatic rings. The standard InChI is InChI=1S/C33H19N7S/c1-2-6-21(7-3-1)39-25-8-4-14-34-29(25)23-19-28-24(18-27(23)39)30-26(9-5-15-35-30)40(28)22-12-10-20(11-13-22)32-38-31-33(41-32)37-17-16-36-31/h1-19H. The average Bonchev–Trinajstić information content (AvgIpc) is 3.71. The van der Waals surface area contributed by atoms with E-state index in [4.69, 9.17) is 9.97 Å². The summed E-state index contributed by atoms with van der Waals surface area (Å²) in [6, 6.07) is 31.8. The van der Waals surface area contributed by atoms with Crippen molar-refractivity contribution >= 4 is 65.7 Å². The number of pyridine rings is 2. The van der Waals surface area contributed by atoms with Crippen molar-refractivity contribution in [3.05, 3.63) is 116 Å². The maximum atomic E-state index is 4.84. The van der Waals surface area contributed by atoms with E-state index in [1.807, 2.05) is 30.6 Å². The van der Waals surface area contributed by atoms with Crippen molar-refractivity contribution in [3.8, 4) is 21.9 Å². The second-order valence-electron chi connectivity index (χ2n) is 9.89. The largest absolute Gasteiger partial charge is 0.308 e. The van der Waals surface area contributed by atoms with E-state index in [2.05, 4.69) is 96.9 Å². The van der Waals surface area contributed by atoms with Gasteiger partial charge in [-0.05, 0) is 72.8 Å². The zero-order valence-corrected chi connectivity index (χ0v) is 22.3. The normalized spacial score (nSPS) is 11.9. The van der Waals surface area contributed by atoms with Crippen LogP contribution in [0.4, 0.5) is 0 Å². The third-order valence-corrected chi connectivity index (χ3v) is 8.60. The Hall–Kier alpha value is -5.47. The molecule has 0 bridgehead atoms. The second kappa shape index (κ2) is 8.51. The maximum Gasteiger partial charge on any atom is 0.190 e. The zero-order chi connectivity index (χ0) is 26.9. The Morgan fingerprint density at radius 1 is 0.512 bits per heavy atom. The van der Waals surface area contributed by atoms with Gasteiger partial charge in [-0.3, -0.25) is 9.97 Å². The topological polar surface area (TPSA) is 74.3 Å². The highest BCUT2D eigenvalue weighted by atomic mass is 32.1. The van der Waals surface area contributed by atoms with Crippen LogP contribution in [0.25, 0.3) is 76.3 Å². The summed E-state index contributed by atoms with van der Waals surface area (Å²) in [5.74, 6) is 0. The summed E-state index contributed by atoms with van der Waals surface area (Å²) in [6.07, 6.45) is 7.11. The minimum atomic E-state index is 0.678. The van der Waals surface area contributed by atoms with Crippen LogP contribution in [0.5, 0.6) is 0 Å². The lowest BCUT2D eigenvalue weighted by molar-refractivity contribution is 1.17. The predicted octanol–water partition coefficient (Wildman–Crippen LogP) is 7.74. The van der Waals surface area contributed by atoms with Gasteiger partial charge in [-0.15, -0.1) is 0 Å². The number of thiazole rings is 1. The SMILES string of the molecule is c1ccc(-n2c3cc4c5ncccc5n(-c5ccc(-c6nc7nccnc7s6)cc5)c4cc3c3ncccc32)cc1. The van der Waals surface area contributed by atoms with Gasteiger partial charge in [-0.2, -0.15) is 0 Å². The Morgan fingerprint density at radius 3 is 1.76 bits per heavy atom. The maximum absolute atomic E-state index is 4.84. The molecule has 0 saturated carbocycles. The Balaban J connectivity index is 1.30. The van der Waals surface area contributed by atoms with Crippen molar-refractivity contribution in [2.24, 2.45) is 0 Å². The summed E-state index contributed by atoms with van der Waals surface area (Å²) in [7, 11) is 0. The molecule has 9 rings (SSSR count). The summed E-state index contributed by atoms with van der Waals surface area (Å²) in [4.78, 5) is 23.9. The van der Waals surface area contributed by atoms with E-state index in [9.17, 15) is 0 Å². The average molecular weight is 546 g/mol. The molecule has 0 aliphatic heterocycles. The molecular weight excluding hydrogens is 526 g/mol. The van der Waals surface area contributed by atoms with Crippen LogP contribution in [-0.4, -0.2) is 34.1 Å². The molecule has 192 valence electrons. The van der Waals surface area contributed by atoms with Gasteiger partial charge in [0.05, 0.1) is 33.1 Å². The fourth-order valence-electron chi connectivity index (χ4n) is 5.84. The van der Waals surface area contributed by atoms with E-state index in [-0.39, 0.29) is 0 Å². The Labute approximate surface area is 237 Å². The third kappa shape index (κ3) is 3.28. The zero-order valence-electron chi connectivity index (χ0n) is 21.5. The predicted molar refractivity (Wildman–Crippen MR) is 165 cm³/mol. The van der Waals surface area contributed by atoms with Gasteiger partial charge in [0.15, 0.2) is 10.5 Å². The summed E-state index contributed by atoms with van der Waals surface area (Å²) in [5.41, 5.74) is 10.1. The summed E-state index contributed by atoms with van der Waals surface area (Å²) >= 11 is 1.55. The quantitative estimate of drug-likeness (QED) is 0.227. The van der Waals surface area contributed by atoms with Gasteiger partial charge in [-0.1, -0.05) is 29.5 Å². The molecule has 9 aromatic rings. The lowest BCUT2D eigenvalue weighted by atomic mass is 10.1. The number of para-hydroxylation sites is 1. The van der Waals surface area contributed by atoms with Crippen molar-refractivity contribution < 1.29 is 0 Å². The first-order chi connectivity index (χ1) is 20.3. The first-order valence-electron chi connectivity index (χ1n) is 13.3. The molecule has 0 saturated heterocycles. The van der Waals surface area contributed by atoms with E-state index >= 15 is 0 Å². The molecule has 0 aliphatic carbocycles. The molecule has 0 unspecified atom stereocenters. The highest BCUT2D eigenvalue weighted by Crippen LogP contribution is 2.38. The van der Waals surface area contributed by atoms with Gasteiger partial charge in [0.25, 0.3) is 0 Å². The highest BCUT2D eigenvalue weighted by Gasteiger charge is 2.19. The first kappa shape index (κ1) is 22.4. The van der Waals surface area contributed by atoms with Gasteiger partial charge in [-0.25, -0.2) is 15.0 Å². The van der Waals surface area contributed by atoms with Crippen LogP contribution < -0.4 is 0 Å². The van der Waals surface area contributed by atoms with Crippen LogP contribution in [-0.2, 0) is 0 Å². The molecule has 0 radical (unpaired) electrons. The molecule has 0 N–H and O–H groups in total. The lowest BCUT2D eigenvalue weighted by Crippen LogP contribution is -1.94. The van der Waals surface area contributed by atoms with Crippen LogP contribution in [0.1, 0.15) is 0 Å². The van der Waals surface area contributed by atoms with Crippen molar-refractivity contribution in [1.82, 2.24) is 34.1 Å². The minimum Gasteiger partial charge on any atom is -0.308 e. The van der Waals surface area contributed by atoms with E-state index in [0.717, 1.165) is 70.6 Å². The van der Waals surface area contributed by atoms with E-state index in [1.54, 1.807) is 23.7 Å². The Bertz CT molecular complexity index is 2390. The van der Waals surface area contributed by atoms with E-state index in [0.29, 0.717) is 5.65 Å². The third-order valence-electron chi connectivity index (χ3n) is 7.59. The minimum absolute atomic E-state index is 0.678. The van der Waals surface area contributed by atoms with Crippen molar-refractivity contribution in [2.75, 3.05) is 0 Å². The van der Waals surface area contributed by atoms with E-state index in [1.165, 1.54) is 0 Å². The van der Waals surface area contributed by atoms with Crippen LogP contribution >= 0.6 is 11.3 Å². The number of hydrogen-bond donors (Lipinski definition) is 0. The lowest BCUT2D eigenvalue weighted by Gasteiger charge is -2.09. The van der Waals surface area contributed by atoms with Gasteiger partial charge in [0, 0.05) is 52.5 Å². The molecule has 6 heterocycles. The number of hydrogen-bond acceptors (Lipinski definition) is 6. The Kier molecular flexibility index (Phi) is 4.64. The molecule has 6 aromatic heterocycles. The van der Waals surface area contributed by atoms with Gasteiger partial charge in [0.2, 0.25) is 0 Å². The number of benzene rings is 3. The molecular formula is C33H19N7S. The molecule has 8 heteroatoms. The summed E-state index contributed by atoms with van der Waals surface area (Å²) in [6.45, 7) is 0. The number of rotatable bonds is 3.